The zero-order valence-electron chi connectivity index (χ0n) is 39.7. The molecule has 3 aliphatic carbocycles. The highest BCUT2D eigenvalue weighted by atomic mass is 16.6. The molecule has 3 aromatic carbocycles. The number of hydrogen-bond acceptors (Lipinski definition) is 11. The van der Waals surface area contributed by atoms with Crippen LogP contribution >= 0.6 is 0 Å². The topological polar surface area (TPSA) is 183 Å². The molecule has 0 amide bonds. The first-order valence-electron chi connectivity index (χ1n) is 25.5. The number of anilines is 1. The number of hydrogen-bond donors (Lipinski definition) is 6. The standard InChI is InChI=1S/C57H69NO10/c1-3-18-57(66)45-16-17-48(61)41(26-45)21-35-10-9-13-44(23-35)56(19-7-8-20-56)49(62)29-43-25-38(40-22-36(33-59)24-46(27-40)58-32-34(2)60)14-15-39-31-51(63)68-54-47(39)28-42(30-50(57)67-55(43)65)53(64)52(54)37-11-5-4-6-12-37/h9-10,13,22-24,27-29,34,37-39,41,45,49-50,58-60,62,64,66H,3-8,11-12,16-21,25-26,30-33H2,1-2H3/b43-29-/t34-,38+,39-,41-,45+,49+,50+,57-/m0/s1. The molecule has 11 nitrogen and oxygen atoms in total. The van der Waals surface area contributed by atoms with Gasteiger partial charge >= 0.3 is 11.9 Å². The van der Waals surface area contributed by atoms with Gasteiger partial charge in [-0.2, -0.15) is 0 Å². The van der Waals surface area contributed by atoms with Crippen LogP contribution in [0.25, 0.3) is 0 Å². The van der Waals surface area contributed by atoms with Gasteiger partial charge in [-0.05, 0) is 129 Å². The van der Waals surface area contributed by atoms with Crippen molar-refractivity contribution in [2.75, 3.05) is 11.9 Å². The molecule has 3 aromatic rings. The number of aliphatic hydroxyl groups excluding tert-OH is 3. The Bertz CT molecular complexity index is 2490. The normalized spacial score (nSPS) is 29.6. The van der Waals surface area contributed by atoms with Crippen molar-refractivity contribution >= 4 is 23.4 Å². The van der Waals surface area contributed by atoms with Crippen molar-refractivity contribution in [2.24, 2.45) is 11.8 Å². The highest BCUT2D eigenvalue weighted by Crippen LogP contribution is 2.52. The summed E-state index contributed by atoms with van der Waals surface area (Å²) in [4.78, 5) is 43.1. The molecule has 3 fully saturated rings. The fraction of sp³-hybridized carbons (Fsp3) is 0.561. The Morgan fingerprint density at radius 3 is 2.43 bits per heavy atom. The number of aliphatic hydroxyl groups is 4. The lowest BCUT2D eigenvalue weighted by atomic mass is 9.66. The maximum atomic E-state index is 15.6. The first kappa shape index (κ1) is 48.1. The lowest BCUT2D eigenvalue weighted by molar-refractivity contribution is -0.176. The molecule has 362 valence electrons. The summed E-state index contributed by atoms with van der Waals surface area (Å²) < 4.78 is 12.9. The Morgan fingerprint density at radius 1 is 0.897 bits per heavy atom. The molecule has 11 heteroatoms. The number of Topliss-reactive ketones (excluding diaryl/α,β-unsaturated/α-hetero) is 1. The van der Waals surface area contributed by atoms with Gasteiger partial charge in [-0.25, -0.2) is 4.79 Å². The number of esters is 2. The maximum absolute atomic E-state index is 15.6. The monoisotopic (exact) mass is 927 g/mol. The summed E-state index contributed by atoms with van der Waals surface area (Å²) in [5.74, 6) is 3.96. The van der Waals surface area contributed by atoms with Gasteiger partial charge in [0.25, 0.3) is 0 Å². The lowest BCUT2D eigenvalue weighted by Gasteiger charge is -2.45. The molecule has 68 heavy (non-hydrogen) atoms. The van der Waals surface area contributed by atoms with Gasteiger partial charge in [0.05, 0.1) is 31.2 Å². The number of phenols is 1. The van der Waals surface area contributed by atoms with Crippen LogP contribution in [0.2, 0.25) is 0 Å². The third kappa shape index (κ3) is 9.63. The van der Waals surface area contributed by atoms with E-state index in [1.54, 1.807) is 19.1 Å². The molecule has 8 bridgehead atoms. The molecule has 3 heterocycles. The Morgan fingerprint density at radius 2 is 1.68 bits per heavy atom. The lowest BCUT2D eigenvalue weighted by Crippen LogP contribution is -2.54. The van der Waals surface area contributed by atoms with E-state index in [2.05, 4.69) is 23.2 Å². The smallest absolute Gasteiger partial charge is 0.334 e. The van der Waals surface area contributed by atoms with Crippen LogP contribution in [-0.2, 0) is 44.0 Å². The summed E-state index contributed by atoms with van der Waals surface area (Å²) in [6.07, 6.45) is 8.60. The molecule has 0 unspecified atom stereocenters. The number of aromatic hydroxyl groups is 1. The van der Waals surface area contributed by atoms with Crippen molar-refractivity contribution in [3.05, 3.63) is 99.1 Å². The molecule has 3 saturated carbocycles. The molecule has 8 atom stereocenters. The third-order valence-corrected chi connectivity index (χ3v) is 16.4. The summed E-state index contributed by atoms with van der Waals surface area (Å²) in [5, 5.41) is 62.9. The van der Waals surface area contributed by atoms with Crippen LogP contribution in [0, 0.1) is 23.7 Å². The van der Waals surface area contributed by atoms with E-state index in [0.717, 1.165) is 56.1 Å². The number of ketones is 1. The summed E-state index contributed by atoms with van der Waals surface area (Å²) in [5.41, 5.74) is 3.33. The molecule has 0 aromatic heterocycles. The van der Waals surface area contributed by atoms with Gasteiger partial charge in [0.2, 0.25) is 0 Å². The predicted molar refractivity (Wildman–Crippen MR) is 258 cm³/mol. The Kier molecular flexibility index (Phi) is 14.2. The summed E-state index contributed by atoms with van der Waals surface area (Å²) in [6.45, 7) is 3.62. The van der Waals surface area contributed by atoms with Crippen molar-refractivity contribution in [2.45, 2.75) is 183 Å². The molecule has 6 N–H and O–H groups in total. The SMILES string of the molecule is CCC[C@]1(O)[C@@H]2CCC(=O)[C@@H](Cc3cccc(c3)C3(CCCC3)[C@H](O)/C=C3/C[C@H](c4cc(CO)cc(NC[C@H](C)O)c4)C#C[C@H]4CC(=O)Oc5c4cc(c(O)c5C4CCCCC4)C[C@H]1OC3=O)C2. The van der Waals surface area contributed by atoms with Crippen molar-refractivity contribution in [3.63, 3.8) is 0 Å². The number of benzene rings is 3. The molecular weight excluding hydrogens is 859 g/mol. The van der Waals surface area contributed by atoms with E-state index in [-0.39, 0.29) is 74.2 Å². The van der Waals surface area contributed by atoms with E-state index in [9.17, 15) is 35.1 Å². The second-order valence-electron chi connectivity index (χ2n) is 21.1. The second-order valence-corrected chi connectivity index (χ2v) is 21.1. The van der Waals surface area contributed by atoms with Crippen LogP contribution in [-0.4, -0.2) is 73.7 Å². The van der Waals surface area contributed by atoms with Crippen LogP contribution in [0.15, 0.2) is 60.2 Å². The highest BCUT2D eigenvalue weighted by molar-refractivity contribution is 5.89. The van der Waals surface area contributed by atoms with E-state index in [0.29, 0.717) is 77.8 Å². The minimum Gasteiger partial charge on any atom is -0.507 e. The van der Waals surface area contributed by atoms with Gasteiger partial charge in [0.15, 0.2) is 0 Å². The van der Waals surface area contributed by atoms with Gasteiger partial charge in [0, 0.05) is 59.0 Å². The highest BCUT2D eigenvalue weighted by Gasteiger charge is 2.50. The molecule has 6 aliphatic rings. The van der Waals surface area contributed by atoms with Crippen LogP contribution in [0.5, 0.6) is 11.5 Å². The number of carbonyl (C=O) groups excluding carboxylic acids is 3. The second kappa shape index (κ2) is 20.2. The van der Waals surface area contributed by atoms with Gasteiger partial charge in [0.1, 0.15) is 29.0 Å². The van der Waals surface area contributed by atoms with E-state index in [1.807, 2.05) is 43.3 Å². The van der Waals surface area contributed by atoms with Gasteiger partial charge in [-0.1, -0.05) is 87.6 Å². The van der Waals surface area contributed by atoms with Gasteiger partial charge in [-0.3, -0.25) is 9.59 Å². The minimum atomic E-state index is -1.63. The van der Waals surface area contributed by atoms with Gasteiger partial charge in [-0.15, -0.1) is 0 Å². The van der Waals surface area contributed by atoms with Crippen molar-refractivity contribution < 1.29 is 49.4 Å². The Hall–Kier alpha value is -4.99. The van der Waals surface area contributed by atoms with Crippen molar-refractivity contribution in [1.29, 1.82) is 0 Å². The number of carbonyl (C=O) groups is 3. The zero-order valence-corrected chi connectivity index (χ0v) is 39.7. The number of phenolic OH excluding ortho intramolecular Hbond substituents is 1. The molecule has 0 radical (unpaired) electrons. The predicted octanol–water partition coefficient (Wildman–Crippen LogP) is 8.63. The van der Waals surface area contributed by atoms with E-state index >= 15 is 4.79 Å². The van der Waals surface area contributed by atoms with Crippen LogP contribution in [0.1, 0.15) is 173 Å². The average molecular weight is 928 g/mol. The first-order valence-corrected chi connectivity index (χ1v) is 25.5. The van der Waals surface area contributed by atoms with E-state index < -0.39 is 59.0 Å². The van der Waals surface area contributed by atoms with Crippen molar-refractivity contribution in [3.8, 4) is 23.3 Å². The third-order valence-electron chi connectivity index (χ3n) is 16.4. The quantitative estimate of drug-likeness (QED) is 0.0723. The van der Waals surface area contributed by atoms with Crippen LogP contribution < -0.4 is 10.1 Å². The first-order chi connectivity index (χ1) is 32.8. The minimum absolute atomic E-state index is 0.0250. The molecule has 9 rings (SSSR count). The number of ether oxygens (including phenoxy) is 2. The van der Waals surface area contributed by atoms with Crippen LogP contribution in [0.4, 0.5) is 5.69 Å². The Balaban J connectivity index is 1.30. The summed E-state index contributed by atoms with van der Waals surface area (Å²) in [6, 6.07) is 15.6. The van der Waals surface area contributed by atoms with E-state index in [4.69, 9.17) is 9.47 Å². The average Bonchev–Trinajstić information content (AvgIpc) is 3.84. The summed E-state index contributed by atoms with van der Waals surface area (Å²) >= 11 is 0. The molecular formula is C57H69NO10. The molecule has 3 aliphatic heterocycles. The fourth-order valence-corrected chi connectivity index (χ4v) is 12.8. The largest absolute Gasteiger partial charge is 0.507 e. The Labute approximate surface area is 400 Å². The maximum Gasteiger partial charge on any atom is 0.334 e. The van der Waals surface area contributed by atoms with Gasteiger partial charge < -0.3 is 40.3 Å². The van der Waals surface area contributed by atoms with Crippen molar-refractivity contribution in [1.82, 2.24) is 0 Å². The molecule has 0 saturated heterocycles. The van der Waals surface area contributed by atoms with Crippen LogP contribution in [0.3, 0.4) is 0 Å². The molecule has 1 spiro atoms. The number of fused-ring (bicyclic) bond motifs is 9. The number of rotatable bonds is 8. The zero-order chi connectivity index (χ0) is 47.7. The summed E-state index contributed by atoms with van der Waals surface area (Å²) in [7, 11) is 0. The van der Waals surface area contributed by atoms with E-state index in [1.165, 1.54) is 0 Å². The fourth-order valence-electron chi connectivity index (χ4n) is 12.8. The number of nitrogens with one attached hydrogen (secondary N) is 1.